The van der Waals surface area contributed by atoms with E-state index in [2.05, 4.69) is 32.9 Å². The fourth-order valence-corrected chi connectivity index (χ4v) is 2.51. The van der Waals surface area contributed by atoms with Gasteiger partial charge >= 0.3 is 0 Å². The molecule has 84 valence electrons. The van der Waals surface area contributed by atoms with Gasteiger partial charge in [0.05, 0.1) is 0 Å². The minimum absolute atomic E-state index is 0.195. The summed E-state index contributed by atoms with van der Waals surface area (Å²) >= 11 is 0. The van der Waals surface area contributed by atoms with E-state index in [0.29, 0.717) is 17.8 Å². The summed E-state index contributed by atoms with van der Waals surface area (Å²) in [6.07, 6.45) is 5.67. The Morgan fingerprint density at radius 1 is 1.40 bits per heavy atom. The lowest BCUT2D eigenvalue weighted by Gasteiger charge is -2.31. The number of carbonyl (C=O) groups excluding carboxylic acids is 1. The predicted octanol–water partition coefficient (Wildman–Crippen LogP) is 3.76. The van der Waals surface area contributed by atoms with Crippen LogP contribution in [0, 0.1) is 17.8 Å². The number of allylic oxidation sites excluding steroid dienone is 4. The van der Waals surface area contributed by atoms with Crippen molar-refractivity contribution in [3.8, 4) is 0 Å². The molecule has 1 aliphatic carbocycles. The first-order chi connectivity index (χ1) is 6.91. The Labute approximate surface area is 93.3 Å². The second-order valence-electron chi connectivity index (χ2n) is 5.04. The van der Waals surface area contributed by atoms with Crippen molar-refractivity contribution in [2.24, 2.45) is 17.8 Å². The van der Waals surface area contributed by atoms with E-state index in [9.17, 15) is 4.79 Å². The van der Waals surface area contributed by atoms with Gasteiger partial charge in [0, 0.05) is 0 Å². The van der Waals surface area contributed by atoms with Gasteiger partial charge in [-0.05, 0) is 50.5 Å². The largest absolute Gasteiger partial charge is 0.295 e. The standard InChI is InChI=1S/C14H22O/c1-9-6-11(3)14(12(4)7-9)8-10(2)13(5)15/h6,8,11-12,14H,7H2,1-5H3/b10-8+/t11-,12+,14-/m0/s1. The predicted molar refractivity (Wildman–Crippen MR) is 64.6 cm³/mol. The Morgan fingerprint density at radius 2 is 2.00 bits per heavy atom. The van der Waals surface area contributed by atoms with Gasteiger partial charge in [0.15, 0.2) is 5.78 Å². The molecule has 0 bridgehead atoms. The maximum Gasteiger partial charge on any atom is 0.155 e. The summed E-state index contributed by atoms with van der Waals surface area (Å²) in [5.41, 5.74) is 2.40. The second-order valence-corrected chi connectivity index (χ2v) is 5.04. The number of rotatable bonds is 2. The van der Waals surface area contributed by atoms with Crippen LogP contribution in [-0.2, 0) is 4.79 Å². The van der Waals surface area contributed by atoms with Crippen LogP contribution >= 0.6 is 0 Å². The Bertz CT molecular complexity index is 309. The smallest absolute Gasteiger partial charge is 0.155 e. The monoisotopic (exact) mass is 206 g/mol. The topological polar surface area (TPSA) is 17.1 Å². The van der Waals surface area contributed by atoms with E-state index in [0.717, 1.165) is 12.0 Å². The first-order valence-corrected chi connectivity index (χ1v) is 5.78. The molecule has 1 aliphatic rings. The van der Waals surface area contributed by atoms with Crippen LogP contribution in [0.5, 0.6) is 0 Å². The summed E-state index contributed by atoms with van der Waals surface area (Å²) in [6.45, 7) is 10.3. The lowest BCUT2D eigenvalue weighted by atomic mass is 9.74. The normalized spacial score (nSPS) is 32.5. The zero-order valence-electron chi connectivity index (χ0n) is 10.5. The molecule has 1 heteroatoms. The number of Topliss-reactive ketones (excluding diaryl/α,β-unsaturated/α-hetero) is 1. The van der Waals surface area contributed by atoms with Crippen LogP contribution in [0.15, 0.2) is 23.3 Å². The van der Waals surface area contributed by atoms with Crippen molar-refractivity contribution >= 4 is 5.78 Å². The molecule has 0 fully saturated rings. The lowest BCUT2D eigenvalue weighted by molar-refractivity contribution is -0.113. The molecule has 15 heavy (non-hydrogen) atoms. The highest BCUT2D eigenvalue weighted by Crippen LogP contribution is 2.34. The van der Waals surface area contributed by atoms with Gasteiger partial charge in [-0.2, -0.15) is 0 Å². The first kappa shape index (κ1) is 12.2. The highest BCUT2D eigenvalue weighted by Gasteiger charge is 2.25. The van der Waals surface area contributed by atoms with E-state index in [4.69, 9.17) is 0 Å². The second kappa shape index (κ2) is 4.78. The Hall–Kier alpha value is -0.850. The first-order valence-electron chi connectivity index (χ1n) is 5.78. The minimum atomic E-state index is 0.195. The van der Waals surface area contributed by atoms with Gasteiger partial charge in [-0.25, -0.2) is 0 Å². The molecule has 1 nitrogen and oxygen atoms in total. The van der Waals surface area contributed by atoms with E-state index in [1.165, 1.54) is 5.57 Å². The van der Waals surface area contributed by atoms with E-state index in [1.807, 2.05) is 6.92 Å². The van der Waals surface area contributed by atoms with E-state index in [1.54, 1.807) is 6.92 Å². The minimum Gasteiger partial charge on any atom is -0.295 e. The molecule has 0 radical (unpaired) electrons. The average molecular weight is 206 g/mol. The maximum absolute atomic E-state index is 11.2. The van der Waals surface area contributed by atoms with Gasteiger partial charge in [-0.1, -0.05) is 31.6 Å². The number of hydrogen-bond donors (Lipinski definition) is 0. The van der Waals surface area contributed by atoms with Crippen molar-refractivity contribution in [2.45, 2.75) is 41.0 Å². The van der Waals surface area contributed by atoms with Crippen LogP contribution in [0.3, 0.4) is 0 Å². The van der Waals surface area contributed by atoms with Crippen molar-refractivity contribution in [1.29, 1.82) is 0 Å². The van der Waals surface area contributed by atoms with Crippen LogP contribution < -0.4 is 0 Å². The molecule has 0 N–H and O–H groups in total. The highest BCUT2D eigenvalue weighted by atomic mass is 16.1. The SMILES string of the molecule is CC(=O)/C(C)=C/[C@@H]1[C@H](C)CC(C)=C[C@@H]1C. The van der Waals surface area contributed by atoms with Crippen molar-refractivity contribution in [3.05, 3.63) is 23.3 Å². The number of carbonyl (C=O) groups is 1. The molecular formula is C14H22O. The summed E-state index contributed by atoms with van der Waals surface area (Å²) in [6, 6.07) is 0. The quantitative estimate of drug-likeness (QED) is 0.496. The molecule has 0 aromatic heterocycles. The van der Waals surface area contributed by atoms with Gasteiger partial charge in [-0.3, -0.25) is 4.79 Å². The van der Waals surface area contributed by atoms with Gasteiger partial charge in [0.2, 0.25) is 0 Å². The summed E-state index contributed by atoms with van der Waals surface area (Å²) in [7, 11) is 0. The molecule has 0 aliphatic heterocycles. The van der Waals surface area contributed by atoms with Gasteiger partial charge in [0.25, 0.3) is 0 Å². The van der Waals surface area contributed by atoms with Crippen LogP contribution in [0.2, 0.25) is 0 Å². The molecule has 0 aromatic carbocycles. The van der Waals surface area contributed by atoms with Crippen molar-refractivity contribution < 1.29 is 4.79 Å². The maximum atomic E-state index is 11.2. The molecule has 0 unspecified atom stereocenters. The summed E-state index contributed by atoms with van der Waals surface area (Å²) in [5, 5.41) is 0. The molecule has 0 amide bonds. The van der Waals surface area contributed by atoms with E-state index in [-0.39, 0.29) is 5.78 Å². The highest BCUT2D eigenvalue weighted by molar-refractivity contribution is 5.92. The van der Waals surface area contributed by atoms with Crippen molar-refractivity contribution in [1.82, 2.24) is 0 Å². The fourth-order valence-electron chi connectivity index (χ4n) is 2.51. The molecule has 3 atom stereocenters. The van der Waals surface area contributed by atoms with Gasteiger partial charge in [-0.15, -0.1) is 0 Å². The third kappa shape index (κ3) is 3.05. The Morgan fingerprint density at radius 3 is 2.47 bits per heavy atom. The zero-order chi connectivity index (χ0) is 11.6. The van der Waals surface area contributed by atoms with Crippen LogP contribution in [0.1, 0.15) is 41.0 Å². The van der Waals surface area contributed by atoms with E-state index < -0.39 is 0 Å². The third-order valence-electron chi connectivity index (χ3n) is 3.45. The van der Waals surface area contributed by atoms with Crippen LogP contribution in [0.4, 0.5) is 0 Å². The van der Waals surface area contributed by atoms with Crippen LogP contribution in [-0.4, -0.2) is 5.78 Å². The summed E-state index contributed by atoms with van der Waals surface area (Å²) in [4.78, 5) is 11.2. The van der Waals surface area contributed by atoms with E-state index >= 15 is 0 Å². The van der Waals surface area contributed by atoms with Gasteiger partial charge < -0.3 is 0 Å². The number of ketones is 1. The Kier molecular flexibility index (Phi) is 3.90. The molecular weight excluding hydrogens is 184 g/mol. The van der Waals surface area contributed by atoms with Crippen molar-refractivity contribution in [3.63, 3.8) is 0 Å². The molecule has 0 aromatic rings. The van der Waals surface area contributed by atoms with Crippen molar-refractivity contribution in [2.75, 3.05) is 0 Å². The zero-order valence-corrected chi connectivity index (χ0v) is 10.5. The lowest BCUT2D eigenvalue weighted by Crippen LogP contribution is -2.22. The fraction of sp³-hybridized carbons (Fsp3) is 0.643. The summed E-state index contributed by atoms with van der Waals surface area (Å²) < 4.78 is 0. The number of hydrogen-bond acceptors (Lipinski definition) is 1. The Balaban J connectivity index is 2.87. The van der Waals surface area contributed by atoms with Crippen LogP contribution in [0.25, 0.3) is 0 Å². The molecule has 0 spiro atoms. The average Bonchev–Trinajstić information content (AvgIpc) is 2.10. The molecule has 1 rings (SSSR count). The molecule has 0 heterocycles. The molecule has 0 saturated heterocycles. The van der Waals surface area contributed by atoms with Gasteiger partial charge in [0.1, 0.15) is 0 Å². The molecule has 0 saturated carbocycles. The third-order valence-corrected chi connectivity index (χ3v) is 3.45. The summed E-state index contributed by atoms with van der Waals surface area (Å²) in [5.74, 6) is 1.93.